The van der Waals surface area contributed by atoms with Gasteiger partial charge in [-0.2, -0.15) is 0 Å². The SMILES string of the molecule is CCNC(=O)Nc1ccc(-c2nc(N3CCOC[C@@H]3C)cc(C(C)(C)S(=O)(=O)c3ccncc3)n2)cc1. The number of rotatable bonds is 7. The number of sulfone groups is 1. The molecule has 2 aromatic heterocycles. The highest BCUT2D eigenvalue weighted by Crippen LogP contribution is 2.36. The van der Waals surface area contributed by atoms with E-state index >= 15 is 0 Å². The minimum Gasteiger partial charge on any atom is -0.377 e. The lowest BCUT2D eigenvalue weighted by molar-refractivity contribution is 0.0985. The molecule has 2 N–H and O–H groups in total. The van der Waals surface area contributed by atoms with Crippen molar-refractivity contribution in [1.82, 2.24) is 20.3 Å². The quantitative estimate of drug-likeness (QED) is 0.480. The summed E-state index contributed by atoms with van der Waals surface area (Å²) in [5.41, 5.74) is 1.70. The number of hydrogen-bond donors (Lipinski definition) is 2. The summed E-state index contributed by atoms with van der Waals surface area (Å²) >= 11 is 0. The molecule has 10 nitrogen and oxygen atoms in total. The topological polar surface area (TPSA) is 126 Å². The zero-order valence-electron chi connectivity index (χ0n) is 21.4. The highest BCUT2D eigenvalue weighted by atomic mass is 32.2. The van der Waals surface area contributed by atoms with Crippen molar-refractivity contribution in [3.63, 3.8) is 0 Å². The number of amides is 2. The third-order valence-corrected chi connectivity index (χ3v) is 8.81. The fourth-order valence-electron chi connectivity index (χ4n) is 4.07. The van der Waals surface area contributed by atoms with Crippen LogP contribution in [0.15, 0.2) is 59.8 Å². The number of morpholine rings is 1. The molecule has 196 valence electrons. The number of aromatic nitrogens is 3. The number of hydrogen-bond acceptors (Lipinski definition) is 8. The number of urea groups is 1. The summed E-state index contributed by atoms with van der Waals surface area (Å²) in [6.07, 6.45) is 2.93. The smallest absolute Gasteiger partial charge is 0.319 e. The second-order valence-corrected chi connectivity index (χ2v) is 11.8. The first-order valence-corrected chi connectivity index (χ1v) is 13.7. The van der Waals surface area contributed by atoms with E-state index in [1.54, 1.807) is 44.2 Å². The van der Waals surface area contributed by atoms with Gasteiger partial charge in [0.05, 0.1) is 29.8 Å². The molecule has 2 amide bonds. The maximum Gasteiger partial charge on any atom is 0.319 e. The highest BCUT2D eigenvalue weighted by molar-refractivity contribution is 7.92. The molecule has 0 saturated carbocycles. The predicted octanol–water partition coefficient (Wildman–Crippen LogP) is 3.61. The van der Waals surface area contributed by atoms with E-state index in [2.05, 4.69) is 20.5 Å². The third kappa shape index (κ3) is 5.57. The minimum absolute atomic E-state index is 0.0629. The van der Waals surface area contributed by atoms with Crippen LogP contribution in [0.5, 0.6) is 0 Å². The van der Waals surface area contributed by atoms with E-state index in [-0.39, 0.29) is 17.0 Å². The van der Waals surface area contributed by atoms with Crippen LogP contribution in [0, 0.1) is 0 Å². The number of carbonyl (C=O) groups excluding carboxylic acids is 1. The van der Waals surface area contributed by atoms with Gasteiger partial charge in [-0.3, -0.25) is 4.98 Å². The van der Waals surface area contributed by atoms with Gasteiger partial charge in [0.2, 0.25) is 0 Å². The molecule has 1 aliphatic heterocycles. The number of carbonyl (C=O) groups is 1. The molecule has 0 spiro atoms. The number of benzene rings is 1. The molecule has 1 saturated heterocycles. The second kappa shape index (κ2) is 10.8. The number of nitrogens with zero attached hydrogens (tertiary/aromatic N) is 4. The Morgan fingerprint density at radius 1 is 1.14 bits per heavy atom. The molecular weight excluding hydrogens is 492 g/mol. The largest absolute Gasteiger partial charge is 0.377 e. The van der Waals surface area contributed by atoms with Crippen molar-refractivity contribution in [3.8, 4) is 11.4 Å². The van der Waals surface area contributed by atoms with E-state index in [4.69, 9.17) is 14.7 Å². The number of ether oxygens (including phenoxy) is 1. The van der Waals surface area contributed by atoms with Crippen molar-refractivity contribution < 1.29 is 17.9 Å². The zero-order chi connectivity index (χ0) is 26.6. The summed E-state index contributed by atoms with van der Waals surface area (Å²) in [4.78, 5) is 27.7. The lowest BCUT2D eigenvalue weighted by Crippen LogP contribution is -2.44. The van der Waals surface area contributed by atoms with Gasteiger partial charge in [-0.05, 0) is 64.1 Å². The summed E-state index contributed by atoms with van der Waals surface area (Å²) in [5, 5.41) is 5.46. The molecule has 0 aliphatic carbocycles. The Kier molecular flexibility index (Phi) is 7.74. The van der Waals surface area contributed by atoms with Crippen molar-refractivity contribution in [2.24, 2.45) is 0 Å². The van der Waals surface area contributed by atoms with Crippen LogP contribution in [0.3, 0.4) is 0 Å². The first kappa shape index (κ1) is 26.5. The Morgan fingerprint density at radius 3 is 2.49 bits per heavy atom. The van der Waals surface area contributed by atoms with Crippen LogP contribution in [0.4, 0.5) is 16.3 Å². The summed E-state index contributed by atoms with van der Waals surface area (Å²) in [5.74, 6) is 1.03. The van der Waals surface area contributed by atoms with Gasteiger partial charge < -0.3 is 20.3 Å². The number of pyridine rings is 1. The van der Waals surface area contributed by atoms with E-state index < -0.39 is 14.6 Å². The minimum atomic E-state index is -3.81. The van der Waals surface area contributed by atoms with E-state index in [9.17, 15) is 13.2 Å². The maximum absolute atomic E-state index is 13.7. The standard InChI is InChI=1S/C26H32N6O4S/c1-5-28-25(33)29-20-8-6-19(7-9-20)24-30-22(16-23(31-24)32-14-15-36-17-18(32)2)26(3,4)37(34,35)21-10-12-27-13-11-21/h6-13,16,18H,5,14-15,17H2,1-4H3,(H2,28,29,33)/t18-/m0/s1. The van der Waals surface area contributed by atoms with Gasteiger partial charge in [0.25, 0.3) is 0 Å². The average Bonchev–Trinajstić information content (AvgIpc) is 2.89. The maximum atomic E-state index is 13.7. The van der Waals surface area contributed by atoms with Gasteiger partial charge in [0, 0.05) is 42.8 Å². The molecule has 0 radical (unpaired) electrons. The molecule has 1 aliphatic rings. The zero-order valence-corrected chi connectivity index (χ0v) is 22.2. The lowest BCUT2D eigenvalue weighted by Gasteiger charge is -2.35. The molecule has 1 atom stereocenters. The summed E-state index contributed by atoms with van der Waals surface area (Å²) < 4.78 is 31.6. The number of anilines is 2. The molecule has 0 bridgehead atoms. The van der Waals surface area contributed by atoms with Crippen LogP contribution >= 0.6 is 0 Å². The Bertz CT molecular complexity index is 1350. The summed E-state index contributed by atoms with van der Waals surface area (Å²) in [7, 11) is -3.81. The molecule has 3 heterocycles. The normalized spacial score (nSPS) is 16.3. The lowest BCUT2D eigenvalue weighted by atomic mass is 10.1. The van der Waals surface area contributed by atoms with E-state index in [0.29, 0.717) is 54.9 Å². The fourth-order valence-corrected chi connectivity index (χ4v) is 5.52. The van der Waals surface area contributed by atoms with Crippen LogP contribution in [-0.2, 0) is 19.3 Å². The predicted molar refractivity (Wildman–Crippen MR) is 142 cm³/mol. The first-order valence-electron chi connectivity index (χ1n) is 12.2. The Balaban J connectivity index is 1.78. The average molecular weight is 525 g/mol. The van der Waals surface area contributed by atoms with Crippen molar-refractivity contribution >= 4 is 27.4 Å². The van der Waals surface area contributed by atoms with Crippen molar-refractivity contribution in [2.45, 2.75) is 43.4 Å². The van der Waals surface area contributed by atoms with Crippen molar-refractivity contribution in [1.29, 1.82) is 0 Å². The third-order valence-electron chi connectivity index (χ3n) is 6.36. The van der Waals surface area contributed by atoms with Crippen molar-refractivity contribution in [2.75, 3.05) is 36.5 Å². The van der Waals surface area contributed by atoms with Crippen LogP contribution in [0.2, 0.25) is 0 Å². The molecule has 1 aromatic carbocycles. The van der Waals surface area contributed by atoms with Crippen LogP contribution in [-0.4, -0.2) is 61.7 Å². The molecule has 3 aromatic rings. The van der Waals surface area contributed by atoms with Crippen LogP contribution < -0.4 is 15.5 Å². The molecule has 0 unspecified atom stereocenters. The molecule has 37 heavy (non-hydrogen) atoms. The Morgan fingerprint density at radius 2 is 1.84 bits per heavy atom. The summed E-state index contributed by atoms with van der Waals surface area (Å²) in [6.45, 7) is 9.44. The van der Waals surface area contributed by atoms with Gasteiger partial charge in [-0.25, -0.2) is 23.2 Å². The van der Waals surface area contributed by atoms with Gasteiger partial charge in [-0.1, -0.05) is 0 Å². The molecular formula is C26H32N6O4S. The molecule has 1 fully saturated rings. The van der Waals surface area contributed by atoms with Gasteiger partial charge >= 0.3 is 6.03 Å². The Hall–Kier alpha value is -3.57. The van der Waals surface area contributed by atoms with E-state index in [0.717, 1.165) is 0 Å². The fraction of sp³-hybridized carbons (Fsp3) is 0.385. The van der Waals surface area contributed by atoms with Gasteiger partial charge in [0.15, 0.2) is 15.7 Å². The van der Waals surface area contributed by atoms with Crippen LogP contribution in [0.1, 0.15) is 33.4 Å². The molecule has 11 heteroatoms. The Labute approximate surface area is 217 Å². The highest BCUT2D eigenvalue weighted by Gasteiger charge is 2.40. The second-order valence-electron chi connectivity index (χ2n) is 9.31. The first-order chi connectivity index (χ1) is 17.6. The van der Waals surface area contributed by atoms with Gasteiger partial charge in [-0.15, -0.1) is 0 Å². The van der Waals surface area contributed by atoms with Crippen molar-refractivity contribution in [3.05, 3.63) is 60.6 Å². The van der Waals surface area contributed by atoms with E-state index in [1.165, 1.54) is 24.5 Å². The monoisotopic (exact) mass is 524 g/mol. The van der Waals surface area contributed by atoms with Gasteiger partial charge in [0.1, 0.15) is 10.6 Å². The summed E-state index contributed by atoms with van der Waals surface area (Å²) in [6, 6.07) is 11.6. The van der Waals surface area contributed by atoms with E-state index in [1.807, 2.05) is 13.8 Å². The number of nitrogens with one attached hydrogen (secondary N) is 2. The van der Waals surface area contributed by atoms with Crippen LogP contribution in [0.25, 0.3) is 11.4 Å². The molecule has 4 rings (SSSR count).